The summed E-state index contributed by atoms with van der Waals surface area (Å²) in [5.74, 6) is 0. The molecule has 2 aromatic carbocycles. The fourth-order valence-electron chi connectivity index (χ4n) is 2.94. The zero-order valence-electron chi connectivity index (χ0n) is 12.4. The summed E-state index contributed by atoms with van der Waals surface area (Å²) in [4.78, 5) is 22.3. The molecule has 22 heavy (non-hydrogen) atoms. The Balaban J connectivity index is 1.97. The van der Waals surface area contributed by atoms with Crippen molar-refractivity contribution in [2.24, 2.45) is 0 Å². The van der Waals surface area contributed by atoms with Gasteiger partial charge in [0, 0.05) is 6.42 Å². The highest BCUT2D eigenvalue weighted by atomic mass is 31.2. The normalized spacial score (nSPS) is 16.8. The van der Waals surface area contributed by atoms with Crippen LogP contribution in [0.3, 0.4) is 0 Å². The van der Waals surface area contributed by atoms with Gasteiger partial charge in [-0.25, -0.2) is 14.2 Å². The Kier molecular flexibility index (Phi) is 4.41. The highest BCUT2D eigenvalue weighted by Gasteiger charge is 2.55. The lowest BCUT2D eigenvalue weighted by Crippen LogP contribution is -2.27. The van der Waals surface area contributed by atoms with E-state index in [1.165, 1.54) is 0 Å². The highest BCUT2D eigenvalue weighted by Crippen LogP contribution is 2.66. The van der Waals surface area contributed by atoms with E-state index in [1.807, 2.05) is 60.7 Å². The van der Waals surface area contributed by atoms with Crippen molar-refractivity contribution >= 4 is 25.5 Å². The molecular weight excluding hydrogens is 295 g/mol. The number of rotatable bonds is 5. The monoisotopic (exact) mass is 315 g/mol. The number of carbonyl (C=O) groups is 1. The summed E-state index contributed by atoms with van der Waals surface area (Å²) in [6, 6.07) is 19.9. The molecule has 1 aliphatic heterocycles. The number of anilines is 2. The van der Waals surface area contributed by atoms with Gasteiger partial charge in [-0.3, -0.25) is 0 Å². The van der Waals surface area contributed by atoms with Gasteiger partial charge in [-0.05, 0) is 24.3 Å². The number of carbonyl (C=O) groups excluding carboxylic acids is 1. The average Bonchev–Trinajstić information content (AvgIpc) is 2.92. The summed E-state index contributed by atoms with van der Waals surface area (Å²) < 4.78 is 4.17. The first-order chi connectivity index (χ1) is 10.8. The lowest BCUT2D eigenvalue weighted by atomic mass is 10.3. The number of hydrogen-bond donors (Lipinski definition) is 1. The molecule has 3 rings (SSSR count). The maximum Gasteiger partial charge on any atom is 0.331 e. The lowest BCUT2D eigenvalue weighted by Gasteiger charge is -2.31. The van der Waals surface area contributed by atoms with Crippen LogP contribution in [0.4, 0.5) is 11.4 Å². The summed E-state index contributed by atoms with van der Waals surface area (Å²) in [7, 11) is -2.57. The molecule has 1 aliphatic rings. The predicted octanol–water partition coefficient (Wildman–Crippen LogP) is 3.36. The minimum Gasteiger partial charge on any atom is -0.303 e. The van der Waals surface area contributed by atoms with Crippen molar-refractivity contribution in [1.82, 2.24) is 0 Å². The first-order valence-corrected chi connectivity index (χ1v) is 9.29. The molecule has 1 saturated heterocycles. The number of benzene rings is 2. The molecule has 4 nitrogen and oxygen atoms in total. The van der Waals surface area contributed by atoms with Crippen molar-refractivity contribution in [2.45, 2.75) is 6.42 Å². The molecule has 0 aromatic heterocycles. The number of aldehydes is 1. The zero-order valence-corrected chi connectivity index (χ0v) is 13.3. The fourth-order valence-corrected chi connectivity index (χ4v) is 5.96. The SMILES string of the molecule is O=CCC[P+]1(O)N(c2ccccc2)CCN1c1ccccc1. The van der Waals surface area contributed by atoms with Crippen molar-refractivity contribution in [3.63, 3.8) is 0 Å². The molecule has 0 radical (unpaired) electrons. The molecule has 0 spiro atoms. The molecule has 114 valence electrons. The topological polar surface area (TPSA) is 43.8 Å². The van der Waals surface area contributed by atoms with Gasteiger partial charge in [-0.2, -0.15) is 0 Å². The molecule has 5 heteroatoms. The van der Waals surface area contributed by atoms with Gasteiger partial charge in [0.2, 0.25) is 0 Å². The summed E-state index contributed by atoms with van der Waals surface area (Å²) in [5.41, 5.74) is 2.03. The standard InChI is InChI=1S/C17H20N2O2P/c20-14-7-15-22(21)18(16-8-3-1-4-9-16)12-13-19(22)17-10-5-2-6-11-17/h1-6,8-11,14,21H,7,12-13,15H2/q+1. The Hall–Kier alpha value is -1.90. The Morgan fingerprint density at radius 1 is 0.909 bits per heavy atom. The fraction of sp³-hybridized carbons (Fsp3) is 0.235. The maximum absolute atomic E-state index is 11.5. The van der Waals surface area contributed by atoms with E-state index in [4.69, 9.17) is 0 Å². The van der Waals surface area contributed by atoms with Gasteiger partial charge in [-0.1, -0.05) is 36.4 Å². The quantitative estimate of drug-likeness (QED) is 0.679. The molecule has 1 heterocycles. The van der Waals surface area contributed by atoms with Crippen LogP contribution in [0.2, 0.25) is 0 Å². The molecule has 0 unspecified atom stereocenters. The Bertz CT molecular complexity index is 574. The van der Waals surface area contributed by atoms with Crippen molar-refractivity contribution in [1.29, 1.82) is 0 Å². The molecule has 0 amide bonds. The Morgan fingerprint density at radius 3 is 1.77 bits per heavy atom. The molecule has 0 bridgehead atoms. The van der Waals surface area contributed by atoms with Gasteiger partial charge in [0.05, 0.1) is 24.5 Å². The average molecular weight is 315 g/mol. The maximum atomic E-state index is 11.5. The summed E-state index contributed by atoms with van der Waals surface area (Å²) >= 11 is 0. The van der Waals surface area contributed by atoms with Crippen molar-refractivity contribution < 1.29 is 9.69 Å². The Labute approximate surface area is 131 Å². The summed E-state index contributed by atoms with van der Waals surface area (Å²) in [6.45, 7) is 1.53. The van der Waals surface area contributed by atoms with Crippen molar-refractivity contribution in [3.8, 4) is 0 Å². The summed E-state index contributed by atoms with van der Waals surface area (Å²) in [6.07, 6.45) is 1.75. The minimum atomic E-state index is -2.57. The minimum absolute atomic E-state index is 0.372. The van der Waals surface area contributed by atoms with E-state index >= 15 is 0 Å². The van der Waals surface area contributed by atoms with E-state index in [0.717, 1.165) is 30.8 Å². The van der Waals surface area contributed by atoms with Gasteiger partial charge in [0.15, 0.2) is 0 Å². The van der Waals surface area contributed by atoms with Gasteiger partial charge in [-0.15, -0.1) is 0 Å². The summed E-state index contributed by atoms with van der Waals surface area (Å²) in [5, 5.41) is 0. The third-order valence-corrected chi connectivity index (χ3v) is 7.22. The van der Waals surface area contributed by atoms with Crippen LogP contribution in [0.15, 0.2) is 60.7 Å². The van der Waals surface area contributed by atoms with Gasteiger partial charge < -0.3 is 4.79 Å². The van der Waals surface area contributed by atoms with Gasteiger partial charge in [0.1, 0.15) is 12.4 Å². The first kappa shape index (κ1) is 15.0. The van der Waals surface area contributed by atoms with Crippen LogP contribution in [0.1, 0.15) is 6.42 Å². The molecule has 0 saturated carbocycles. The van der Waals surface area contributed by atoms with E-state index in [-0.39, 0.29) is 0 Å². The second-order valence-corrected chi connectivity index (χ2v) is 8.09. The van der Waals surface area contributed by atoms with Crippen molar-refractivity contribution in [2.75, 3.05) is 28.6 Å². The second-order valence-electron chi connectivity index (χ2n) is 5.29. The van der Waals surface area contributed by atoms with Gasteiger partial charge >= 0.3 is 7.79 Å². The van der Waals surface area contributed by atoms with Crippen LogP contribution in [0, 0.1) is 0 Å². The lowest BCUT2D eigenvalue weighted by molar-refractivity contribution is -0.107. The number of nitrogens with zero attached hydrogens (tertiary/aromatic N) is 2. The molecular formula is C17H20N2O2P+. The van der Waals surface area contributed by atoms with E-state index in [9.17, 15) is 9.69 Å². The van der Waals surface area contributed by atoms with Crippen LogP contribution in [0.5, 0.6) is 0 Å². The molecule has 1 N–H and O–H groups in total. The van der Waals surface area contributed by atoms with Crippen molar-refractivity contribution in [3.05, 3.63) is 60.7 Å². The first-order valence-electron chi connectivity index (χ1n) is 7.46. The van der Waals surface area contributed by atoms with Crippen LogP contribution in [-0.2, 0) is 4.79 Å². The number of para-hydroxylation sites is 2. The third-order valence-electron chi connectivity index (χ3n) is 3.95. The number of hydrogen-bond acceptors (Lipinski definition) is 4. The second kappa shape index (κ2) is 6.47. The largest absolute Gasteiger partial charge is 0.331 e. The van der Waals surface area contributed by atoms with E-state index in [0.29, 0.717) is 12.6 Å². The van der Waals surface area contributed by atoms with E-state index in [1.54, 1.807) is 0 Å². The molecule has 2 aromatic rings. The van der Waals surface area contributed by atoms with Crippen LogP contribution < -0.4 is 9.34 Å². The third kappa shape index (κ3) is 2.72. The predicted molar refractivity (Wildman–Crippen MR) is 92.3 cm³/mol. The van der Waals surface area contributed by atoms with E-state index < -0.39 is 7.79 Å². The highest BCUT2D eigenvalue weighted by molar-refractivity contribution is 7.73. The smallest absolute Gasteiger partial charge is 0.303 e. The van der Waals surface area contributed by atoms with Gasteiger partial charge in [0.25, 0.3) is 0 Å². The Morgan fingerprint density at radius 2 is 1.36 bits per heavy atom. The van der Waals surface area contributed by atoms with Crippen LogP contribution in [0.25, 0.3) is 0 Å². The van der Waals surface area contributed by atoms with Crippen LogP contribution in [-0.4, -0.2) is 30.4 Å². The molecule has 0 aliphatic carbocycles. The van der Waals surface area contributed by atoms with Crippen LogP contribution >= 0.6 is 7.79 Å². The molecule has 1 fully saturated rings. The zero-order chi connectivity index (χ0) is 15.4. The molecule has 0 atom stereocenters. The van der Waals surface area contributed by atoms with E-state index in [2.05, 4.69) is 9.34 Å².